The van der Waals surface area contributed by atoms with Crippen LogP contribution in [0.1, 0.15) is 45.4 Å². The van der Waals surface area contributed by atoms with E-state index in [0.29, 0.717) is 19.4 Å². The Morgan fingerprint density at radius 3 is 2.93 bits per heavy atom. The van der Waals surface area contributed by atoms with Crippen molar-refractivity contribution < 1.29 is 19.4 Å². The minimum Gasteiger partial charge on any atom is -0.464 e. The molecule has 0 amide bonds. The number of aliphatic hydroxyl groups is 1. The highest BCUT2D eigenvalue weighted by molar-refractivity contribution is 5.74. The Labute approximate surface area is 90.6 Å². The summed E-state index contributed by atoms with van der Waals surface area (Å²) < 4.78 is 10.1. The molecule has 0 aromatic carbocycles. The molecular weight excluding hydrogens is 196 g/mol. The molecule has 0 spiro atoms. The number of carbonyl (C=O) groups excluding carboxylic acids is 1. The summed E-state index contributed by atoms with van der Waals surface area (Å²) in [5.74, 6) is -0.329. The molecule has 1 fully saturated rings. The molecule has 15 heavy (non-hydrogen) atoms. The van der Waals surface area contributed by atoms with E-state index in [4.69, 9.17) is 9.47 Å². The fourth-order valence-corrected chi connectivity index (χ4v) is 1.59. The smallest absolute Gasteiger partial charge is 0.335 e. The Morgan fingerprint density at radius 1 is 1.47 bits per heavy atom. The largest absolute Gasteiger partial charge is 0.464 e. The quantitative estimate of drug-likeness (QED) is 0.560. The van der Waals surface area contributed by atoms with E-state index in [1.807, 2.05) is 0 Å². The van der Waals surface area contributed by atoms with Crippen LogP contribution < -0.4 is 0 Å². The van der Waals surface area contributed by atoms with E-state index in [1.165, 1.54) is 0 Å². The molecule has 1 aliphatic heterocycles. The van der Waals surface area contributed by atoms with Gasteiger partial charge in [0.05, 0.1) is 6.61 Å². The molecule has 1 saturated heterocycles. The summed E-state index contributed by atoms with van der Waals surface area (Å²) in [4.78, 5) is 11.4. The monoisotopic (exact) mass is 216 g/mol. The maximum atomic E-state index is 11.4. The maximum Gasteiger partial charge on any atom is 0.335 e. The molecule has 1 heterocycles. The zero-order valence-corrected chi connectivity index (χ0v) is 9.28. The molecule has 0 bridgehead atoms. The minimum absolute atomic E-state index is 0.329. The Balaban J connectivity index is 2.15. The van der Waals surface area contributed by atoms with Crippen LogP contribution >= 0.6 is 0 Å². The zero-order valence-electron chi connectivity index (χ0n) is 9.28. The first-order chi connectivity index (χ1) is 7.24. The van der Waals surface area contributed by atoms with E-state index < -0.39 is 12.4 Å². The minimum atomic E-state index is -0.799. The number of unbranched alkanes of at least 4 members (excludes halogenated alkanes) is 2. The van der Waals surface area contributed by atoms with Crippen molar-refractivity contribution in [2.45, 2.75) is 57.8 Å². The lowest BCUT2D eigenvalue weighted by Gasteiger charge is -2.25. The van der Waals surface area contributed by atoms with Crippen LogP contribution in [0.3, 0.4) is 0 Å². The number of carbonyl (C=O) groups is 1. The second kappa shape index (κ2) is 6.80. The predicted molar refractivity (Wildman–Crippen MR) is 55.2 cm³/mol. The van der Waals surface area contributed by atoms with Crippen LogP contribution in [0.25, 0.3) is 0 Å². The Hall–Kier alpha value is -0.610. The highest BCUT2D eigenvalue weighted by atomic mass is 16.6. The predicted octanol–water partition coefficient (Wildman–Crippen LogP) is 1.61. The topological polar surface area (TPSA) is 55.8 Å². The average molecular weight is 216 g/mol. The van der Waals surface area contributed by atoms with E-state index in [1.54, 1.807) is 0 Å². The zero-order chi connectivity index (χ0) is 11.1. The third kappa shape index (κ3) is 4.62. The van der Waals surface area contributed by atoms with Crippen LogP contribution in [0.2, 0.25) is 0 Å². The summed E-state index contributed by atoms with van der Waals surface area (Å²) in [7, 11) is 0. The van der Waals surface area contributed by atoms with E-state index >= 15 is 0 Å². The Bertz CT molecular complexity index is 193. The van der Waals surface area contributed by atoms with Crippen molar-refractivity contribution >= 4 is 5.97 Å². The van der Waals surface area contributed by atoms with Gasteiger partial charge < -0.3 is 14.6 Å². The van der Waals surface area contributed by atoms with Gasteiger partial charge >= 0.3 is 5.97 Å². The van der Waals surface area contributed by atoms with Crippen molar-refractivity contribution in [3.63, 3.8) is 0 Å². The van der Waals surface area contributed by atoms with Gasteiger partial charge in [0.1, 0.15) is 0 Å². The van der Waals surface area contributed by atoms with Gasteiger partial charge in [0.25, 0.3) is 0 Å². The van der Waals surface area contributed by atoms with Gasteiger partial charge in [-0.05, 0) is 25.7 Å². The molecule has 4 heteroatoms. The van der Waals surface area contributed by atoms with Crippen molar-refractivity contribution in [1.82, 2.24) is 0 Å². The Morgan fingerprint density at radius 2 is 2.27 bits per heavy atom. The second-order valence-electron chi connectivity index (χ2n) is 3.88. The van der Waals surface area contributed by atoms with Gasteiger partial charge in [0, 0.05) is 0 Å². The van der Waals surface area contributed by atoms with E-state index in [0.717, 1.165) is 25.7 Å². The summed E-state index contributed by atoms with van der Waals surface area (Å²) in [6, 6.07) is 0. The van der Waals surface area contributed by atoms with Gasteiger partial charge in [0.2, 0.25) is 0 Å². The van der Waals surface area contributed by atoms with Crippen LogP contribution in [0.5, 0.6) is 0 Å². The van der Waals surface area contributed by atoms with Gasteiger partial charge in [-0.1, -0.05) is 19.8 Å². The molecule has 2 unspecified atom stereocenters. The molecule has 2 atom stereocenters. The van der Waals surface area contributed by atoms with Crippen LogP contribution in [-0.4, -0.2) is 30.1 Å². The maximum absolute atomic E-state index is 11.4. The first-order valence-corrected chi connectivity index (χ1v) is 5.74. The van der Waals surface area contributed by atoms with Crippen molar-refractivity contribution in [1.29, 1.82) is 0 Å². The third-order valence-corrected chi connectivity index (χ3v) is 2.49. The molecule has 1 rings (SSSR count). The molecule has 1 N–H and O–H groups in total. The Kier molecular flexibility index (Phi) is 5.65. The SMILES string of the molecule is CCCCCOC(=O)C1CCCC(O)O1. The highest BCUT2D eigenvalue weighted by Crippen LogP contribution is 2.18. The lowest BCUT2D eigenvalue weighted by atomic mass is 10.1. The molecule has 0 radical (unpaired) electrons. The standard InChI is InChI=1S/C11H20O4/c1-2-3-4-8-14-11(13)9-6-5-7-10(12)15-9/h9-10,12H,2-8H2,1H3. The normalized spacial score (nSPS) is 26.3. The number of esters is 1. The molecule has 88 valence electrons. The summed E-state index contributed by atoms with van der Waals surface area (Å²) in [6.45, 7) is 2.56. The van der Waals surface area contributed by atoms with E-state index in [9.17, 15) is 9.90 Å². The molecule has 0 aromatic heterocycles. The van der Waals surface area contributed by atoms with Crippen LogP contribution in [-0.2, 0) is 14.3 Å². The van der Waals surface area contributed by atoms with Gasteiger partial charge in [-0.2, -0.15) is 0 Å². The molecule has 4 nitrogen and oxygen atoms in total. The fraction of sp³-hybridized carbons (Fsp3) is 0.909. The molecule has 0 aliphatic carbocycles. The summed E-state index contributed by atoms with van der Waals surface area (Å²) in [6.07, 6.45) is 3.80. The molecule has 1 aliphatic rings. The van der Waals surface area contributed by atoms with Gasteiger partial charge in [-0.25, -0.2) is 4.79 Å². The molecule has 0 aromatic rings. The number of aliphatic hydroxyl groups excluding tert-OH is 1. The number of hydrogen-bond donors (Lipinski definition) is 1. The molecule has 0 saturated carbocycles. The van der Waals surface area contributed by atoms with Crippen molar-refractivity contribution in [2.24, 2.45) is 0 Å². The lowest BCUT2D eigenvalue weighted by Crippen LogP contribution is -2.34. The van der Waals surface area contributed by atoms with E-state index in [2.05, 4.69) is 6.92 Å². The van der Waals surface area contributed by atoms with Crippen LogP contribution in [0.4, 0.5) is 0 Å². The van der Waals surface area contributed by atoms with E-state index in [-0.39, 0.29) is 5.97 Å². The summed E-state index contributed by atoms with van der Waals surface area (Å²) in [5.41, 5.74) is 0. The first-order valence-electron chi connectivity index (χ1n) is 5.74. The number of rotatable bonds is 5. The first kappa shape index (κ1) is 12.5. The van der Waals surface area contributed by atoms with Gasteiger partial charge in [-0.15, -0.1) is 0 Å². The second-order valence-corrected chi connectivity index (χ2v) is 3.88. The third-order valence-electron chi connectivity index (χ3n) is 2.49. The summed E-state index contributed by atoms with van der Waals surface area (Å²) in [5, 5.41) is 9.21. The molecular formula is C11H20O4. The van der Waals surface area contributed by atoms with Crippen LogP contribution in [0.15, 0.2) is 0 Å². The van der Waals surface area contributed by atoms with Gasteiger partial charge in [0.15, 0.2) is 12.4 Å². The average Bonchev–Trinajstić information content (AvgIpc) is 2.24. The van der Waals surface area contributed by atoms with Crippen molar-refractivity contribution in [2.75, 3.05) is 6.61 Å². The number of hydrogen-bond acceptors (Lipinski definition) is 4. The highest BCUT2D eigenvalue weighted by Gasteiger charge is 2.27. The fourth-order valence-electron chi connectivity index (χ4n) is 1.59. The summed E-state index contributed by atoms with van der Waals surface area (Å²) >= 11 is 0. The van der Waals surface area contributed by atoms with Crippen LogP contribution in [0, 0.1) is 0 Å². The van der Waals surface area contributed by atoms with Crippen molar-refractivity contribution in [3.8, 4) is 0 Å². The van der Waals surface area contributed by atoms with Gasteiger partial charge in [-0.3, -0.25) is 0 Å². The lowest BCUT2D eigenvalue weighted by molar-refractivity contribution is -0.192. The number of ether oxygens (including phenoxy) is 2. The van der Waals surface area contributed by atoms with Crippen molar-refractivity contribution in [3.05, 3.63) is 0 Å².